The maximum absolute atomic E-state index is 12.6. The number of carbonyl (C=O) groups excluding carboxylic acids is 1. The average molecular weight is 626 g/mol. The van der Waals surface area contributed by atoms with Crippen LogP contribution in [0.4, 0.5) is 22.4 Å². The third-order valence-corrected chi connectivity index (χ3v) is 8.71. The number of carbonyl (C=O) groups is 1. The number of nitrogens with zero attached hydrogens (tertiary/aromatic N) is 6. The Kier molecular flexibility index (Phi) is 8.61. The van der Waals surface area contributed by atoms with Crippen molar-refractivity contribution < 1.29 is 19.4 Å². The van der Waals surface area contributed by atoms with Crippen LogP contribution >= 0.6 is 0 Å². The van der Waals surface area contributed by atoms with Crippen molar-refractivity contribution in [3.63, 3.8) is 0 Å². The molecule has 1 saturated heterocycles. The van der Waals surface area contributed by atoms with Crippen molar-refractivity contribution in [2.24, 2.45) is 0 Å². The number of imidazole rings is 1. The molecule has 0 saturated carbocycles. The minimum absolute atomic E-state index is 0.00415. The largest absolute Gasteiger partial charge is 0.496 e. The van der Waals surface area contributed by atoms with Crippen molar-refractivity contribution in [1.82, 2.24) is 24.4 Å². The molecule has 46 heavy (non-hydrogen) atoms. The first-order valence-electron chi connectivity index (χ1n) is 15.9. The van der Waals surface area contributed by atoms with Gasteiger partial charge in [0.1, 0.15) is 23.5 Å². The highest BCUT2D eigenvalue weighted by atomic mass is 16.6. The summed E-state index contributed by atoms with van der Waals surface area (Å²) in [5.41, 5.74) is 5.66. The standard InChI is InChI=1S/C35H43N7O4/c1-22-16-27(18-30(45-6)23(22)2)41-19-31(36-21-41)38-33-37-29-17-25(24-11-14-40(15-12-24)34(44)46-35(3,4)5)9-10-28(29)32(39-33)42-13-7-8-26(42)20-43/h9-11,16-19,21,26,43H,7-8,12-15,20H2,1-6H3,(H,37,38,39)/t26-/m0/s1. The summed E-state index contributed by atoms with van der Waals surface area (Å²) in [6.07, 6.45) is 8.07. The van der Waals surface area contributed by atoms with Crippen molar-refractivity contribution in [2.75, 3.05) is 43.6 Å². The van der Waals surface area contributed by atoms with Crippen LogP contribution in [0.5, 0.6) is 5.75 Å². The quantitative estimate of drug-likeness (QED) is 0.249. The Morgan fingerprint density at radius 2 is 1.96 bits per heavy atom. The fourth-order valence-electron chi connectivity index (χ4n) is 6.13. The number of nitrogens with one attached hydrogen (secondary N) is 1. The SMILES string of the molecule is COc1cc(-n2cnc(Nc3nc(N4CCC[C@H]4CO)c4ccc(C5=CCN(C(=O)OC(C)(C)C)CC5)cc4n3)c2)cc(C)c1C. The molecule has 4 heterocycles. The molecule has 11 heteroatoms. The van der Waals surface area contributed by atoms with E-state index in [-0.39, 0.29) is 18.7 Å². The first-order chi connectivity index (χ1) is 22.0. The molecule has 11 nitrogen and oxygen atoms in total. The Bertz CT molecular complexity index is 1790. The minimum Gasteiger partial charge on any atom is -0.496 e. The number of hydrogen-bond acceptors (Lipinski definition) is 9. The number of amides is 1. The smallest absolute Gasteiger partial charge is 0.410 e. The van der Waals surface area contributed by atoms with Gasteiger partial charge in [0.2, 0.25) is 5.95 Å². The first kappa shape index (κ1) is 31.3. The van der Waals surface area contributed by atoms with Crippen molar-refractivity contribution in [3.05, 3.63) is 65.6 Å². The maximum Gasteiger partial charge on any atom is 0.410 e. The van der Waals surface area contributed by atoms with Gasteiger partial charge in [-0.15, -0.1) is 0 Å². The van der Waals surface area contributed by atoms with Gasteiger partial charge in [-0.3, -0.25) is 0 Å². The molecule has 2 aliphatic rings. The van der Waals surface area contributed by atoms with Crippen LogP contribution in [-0.2, 0) is 4.74 Å². The zero-order chi connectivity index (χ0) is 32.6. The van der Waals surface area contributed by atoms with Crippen LogP contribution in [0, 0.1) is 13.8 Å². The van der Waals surface area contributed by atoms with Crippen LogP contribution < -0.4 is 15.0 Å². The number of aliphatic hydroxyl groups excluding tert-OH is 1. The fourth-order valence-corrected chi connectivity index (χ4v) is 6.13. The summed E-state index contributed by atoms with van der Waals surface area (Å²) in [5.74, 6) is 2.66. The summed E-state index contributed by atoms with van der Waals surface area (Å²) in [5, 5.41) is 14.4. The van der Waals surface area contributed by atoms with E-state index >= 15 is 0 Å². The Balaban J connectivity index is 1.31. The van der Waals surface area contributed by atoms with Gasteiger partial charge in [-0.1, -0.05) is 12.1 Å². The summed E-state index contributed by atoms with van der Waals surface area (Å²) in [6, 6.07) is 10.4. The lowest BCUT2D eigenvalue weighted by Gasteiger charge is -2.29. The average Bonchev–Trinajstić information content (AvgIpc) is 3.71. The van der Waals surface area contributed by atoms with E-state index in [1.807, 2.05) is 44.5 Å². The summed E-state index contributed by atoms with van der Waals surface area (Å²) in [6.45, 7) is 11.7. The molecule has 1 amide bonds. The lowest BCUT2D eigenvalue weighted by atomic mass is 9.98. The molecule has 0 radical (unpaired) electrons. The van der Waals surface area contributed by atoms with Crippen LogP contribution in [0.3, 0.4) is 0 Å². The second-order valence-electron chi connectivity index (χ2n) is 13.1. The van der Waals surface area contributed by atoms with E-state index in [4.69, 9.17) is 19.4 Å². The van der Waals surface area contributed by atoms with E-state index in [2.05, 4.69) is 52.5 Å². The number of anilines is 3. The number of aryl methyl sites for hydroxylation is 1. The number of ether oxygens (including phenoxy) is 2. The second-order valence-corrected chi connectivity index (χ2v) is 13.1. The molecule has 1 fully saturated rings. The normalized spacial score (nSPS) is 16.9. The molecule has 2 aromatic heterocycles. The van der Waals surface area contributed by atoms with Gasteiger partial charge >= 0.3 is 6.09 Å². The predicted octanol–water partition coefficient (Wildman–Crippen LogP) is 6.17. The Hall–Kier alpha value is -4.64. The molecule has 6 rings (SSSR count). The topological polar surface area (TPSA) is 118 Å². The lowest BCUT2D eigenvalue weighted by molar-refractivity contribution is 0.0270. The third-order valence-electron chi connectivity index (χ3n) is 8.71. The van der Waals surface area contributed by atoms with Gasteiger partial charge in [-0.2, -0.15) is 4.98 Å². The monoisotopic (exact) mass is 625 g/mol. The zero-order valence-electron chi connectivity index (χ0n) is 27.5. The highest BCUT2D eigenvalue weighted by Crippen LogP contribution is 2.34. The van der Waals surface area contributed by atoms with Crippen LogP contribution in [0.1, 0.15) is 56.7 Å². The second kappa shape index (κ2) is 12.6. The van der Waals surface area contributed by atoms with E-state index in [1.165, 1.54) is 0 Å². The van der Waals surface area contributed by atoms with Crippen molar-refractivity contribution >= 4 is 40.2 Å². The minimum atomic E-state index is -0.529. The number of aromatic nitrogens is 4. The van der Waals surface area contributed by atoms with Gasteiger partial charge in [-0.25, -0.2) is 14.8 Å². The molecule has 0 unspecified atom stereocenters. The van der Waals surface area contributed by atoms with Gasteiger partial charge in [0.15, 0.2) is 5.82 Å². The molecule has 242 valence electrons. The molecule has 0 bridgehead atoms. The zero-order valence-corrected chi connectivity index (χ0v) is 27.5. The molecule has 2 aromatic carbocycles. The lowest BCUT2D eigenvalue weighted by Crippen LogP contribution is -2.39. The number of methoxy groups -OCH3 is 1. The van der Waals surface area contributed by atoms with E-state index in [0.717, 1.165) is 69.8 Å². The van der Waals surface area contributed by atoms with E-state index < -0.39 is 5.60 Å². The number of rotatable bonds is 7. The van der Waals surface area contributed by atoms with E-state index in [1.54, 1.807) is 18.3 Å². The maximum atomic E-state index is 12.6. The van der Waals surface area contributed by atoms with Gasteiger partial charge in [-0.05, 0) is 94.3 Å². The molecular weight excluding hydrogens is 582 g/mol. The predicted molar refractivity (Wildman–Crippen MR) is 180 cm³/mol. The summed E-state index contributed by atoms with van der Waals surface area (Å²) in [4.78, 5) is 31.0. The summed E-state index contributed by atoms with van der Waals surface area (Å²) < 4.78 is 13.1. The molecule has 2 N–H and O–H groups in total. The third kappa shape index (κ3) is 6.50. The van der Waals surface area contributed by atoms with Crippen LogP contribution in [0.2, 0.25) is 0 Å². The van der Waals surface area contributed by atoms with Gasteiger partial charge in [0.05, 0.1) is 37.2 Å². The number of aliphatic hydroxyl groups is 1. The molecular formula is C35H43N7O4. The van der Waals surface area contributed by atoms with Crippen molar-refractivity contribution in [3.8, 4) is 11.4 Å². The molecule has 0 spiro atoms. The summed E-state index contributed by atoms with van der Waals surface area (Å²) in [7, 11) is 1.68. The van der Waals surface area contributed by atoms with Gasteiger partial charge in [0, 0.05) is 31.1 Å². The van der Waals surface area contributed by atoms with Crippen molar-refractivity contribution in [2.45, 2.75) is 65.5 Å². The Morgan fingerprint density at radius 1 is 1.13 bits per heavy atom. The Labute approximate surface area is 269 Å². The number of benzene rings is 2. The fraction of sp³-hybridized carbons (Fsp3) is 0.429. The molecule has 0 aliphatic carbocycles. The Morgan fingerprint density at radius 3 is 2.67 bits per heavy atom. The van der Waals surface area contributed by atoms with Gasteiger partial charge in [0.25, 0.3) is 0 Å². The number of fused-ring (bicyclic) bond motifs is 1. The van der Waals surface area contributed by atoms with Crippen LogP contribution in [-0.4, -0.2) is 80.6 Å². The molecule has 4 aromatic rings. The van der Waals surface area contributed by atoms with E-state index in [9.17, 15) is 9.90 Å². The molecule has 1 atom stereocenters. The first-order valence-corrected chi connectivity index (χ1v) is 15.9. The van der Waals surface area contributed by atoms with Crippen LogP contribution in [0.25, 0.3) is 22.2 Å². The highest BCUT2D eigenvalue weighted by Gasteiger charge is 2.28. The highest BCUT2D eigenvalue weighted by molar-refractivity contribution is 5.93. The number of hydrogen-bond donors (Lipinski definition) is 2. The summed E-state index contributed by atoms with van der Waals surface area (Å²) >= 11 is 0. The van der Waals surface area contributed by atoms with Crippen molar-refractivity contribution in [1.29, 1.82) is 0 Å². The van der Waals surface area contributed by atoms with Gasteiger partial charge < -0.3 is 34.3 Å². The van der Waals surface area contributed by atoms with E-state index in [0.29, 0.717) is 31.3 Å². The molecule has 2 aliphatic heterocycles. The van der Waals surface area contributed by atoms with Crippen LogP contribution in [0.15, 0.2) is 48.9 Å².